The van der Waals surface area contributed by atoms with E-state index < -0.39 is 36.7 Å². The molecule has 0 aliphatic carbocycles. The van der Waals surface area contributed by atoms with Gasteiger partial charge in [-0.25, -0.2) is 4.79 Å². The zero-order valence-electron chi connectivity index (χ0n) is 18.3. The first-order valence-electron chi connectivity index (χ1n) is 10.6. The number of rotatable bonds is 10. The predicted molar refractivity (Wildman–Crippen MR) is 117 cm³/mol. The summed E-state index contributed by atoms with van der Waals surface area (Å²) < 4.78 is 28.8. The molecule has 0 unspecified atom stereocenters. The maximum absolute atomic E-state index is 11.7. The highest BCUT2D eigenvalue weighted by Crippen LogP contribution is 2.28. The topological polar surface area (TPSA) is 83.5 Å². The van der Waals surface area contributed by atoms with Crippen LogP contribution < -0.4 is 0 Å². The summed E-state index contributed by atoms with van der Waals surface area (Å²) in [5.41, 5.74) is 1.93. The Bertz CT molecular complexity index is 840. The van der Waals surface area contributed by atoms with Crippen LogP contribution in [0.15, 0.2) is 72.8 Å². The quantitative estimate of drug-likeness (QED) is 0.447. The number of benzene rings is 2. The molecule has 5 atom stereocenters. The minimum absolute atomic E-state index is 0.138. The van der Waals surface area contributed by atoms with Gasteiger partial charge in [0.1, 0.15) is 31.0 Å². The van der Waals surface area contributed by atoms with Crippen LogP contribution in [0.3, 0.4) is 0 Å². The summed E-state index contributed by atoms with van der Waals surface area (Å²) in [5.74, 6) is -0.513. The van der Waals surface area contributed by atoms with Gasteiger partial charge in [0.05, 0.1) is 13.2 Å². The van der Waals surface area contributed by atoms with Crippen molar-refractivity contribution in [3.8, 4) is 0 Å². The van der Waals surface area contributed by atoms with Crippen LogP contribution in [-0.4, -0.2) is 55.5 Å². The van der Waals surface area contributed by atoms with Gasteiger partial charge in [0.15, 0.2) is 6.29 Å². The number of aliphatic hydroxyl groups is 1. The number of aliphatic hydroxyl groups excluding tert-OH is 1. The zero-order valence-corrected chi connectivity index (χ0v) is 18.3. The van der Waals surface area contributed by atoms with Gasteiger partial charge in [-0.15, -0.1) is 0 Å². The van der Waals surface area contributed by atoms with E-state index in [0.29, 0.717) is 6.61 Å². The first-order valence-corrected chi connectivity index (χ1v) is 10.6. The van der Waals surface area contributed by atoms with Crippen molar-refractivity contribution in [1.29, 1.82) is 0 Å². The molecule has 0 aromatic heterocycles. The highest BCUT2D eigenvalue weighted by Gasteiger charge is 2.47. The fourth-order valence-electron chi connectivity index (χ4n) is 3.47. The van der Waals surface area contributed by atoms with Crippen LogP contribution in [0.1, 0.15) is 18.1 Å². The summed E-state index contributed by atoms with van der Waals surface area (Å²) in [4.78, 5) is 11.7. The molecule has 172 valence electrons. The predicted octanol–water partition coefficient (Wildman–Crippen LogP) is 3.01. The summed E-state index contributed by atoms with van der Waals surface area (Å²) in [6.07, 6.45) is -1.30. The van der Waals surface area contributed by atoms with Gasteiger partial charge in [-0.2, -0.15) is 0 Å². The van der Waals surface area contributed by atoms with Crippen molar-refractivity contribution >= 4 is 5.97 Å². The number of methoxy groups -OCH3 is 1. The first kappa shape index (κ1) is 24.1. The smallest absolute Gasteiger partial charge is 0.330 e. The molecule has 1 N–H and O–H groups in total. The van der Waals surface area contributed by atoms with Gasteiger partial charge < -0.3 is 28.8 Å². The van der Waals surface area contributed by atoms with Crippen molar-refractivity contribution < 1.29 is 33.6 Å². The molecule has 1 heterocycles. The monoisotopic (exact) mass is 442 g/mol. The van der Waals surface area contributed by atoms with Crippen molar-refractivity contribution in [2.45, 2.75) is 50.8 Å². The van der Waals surface area contributed by atoms with Gasteiger partial charge in [0.25, 0.3) is 0 Å². The Hall–Kier alpha value is -2.55. The maximum atomic E-state index is 11.7. The third kappa shape index (κ3) is 6.72. The van der Waals surface area contributed by atoms with E-state index in [9.17, 15) is 9.90 Å². The number of esters is 1. The highest BCUT2D eigenvalue weighted by molar-refractivity contribution is 5.81. The first-order chi connectivity index (χ1) is 15.6. The second kappa shape index (κ2) is 12.5. The minimum Gasteiger partial charge on any atom is -0.460 e. The van der Waals surface area contributed by atoms with Crippen molar-refractivity contribution in [3.05, 3.63) is 83.9 Å². The standard InChI is InChI=1S/C25H30O7/c1-3-10-21(26)29-17-20-22(27)23(30-15-18-11-6-4-7-12-18)24(25(28-2)32-20)31-16-19-13-8-5-9-14-19/h3-14,20,22-25,27H,15-17H2,1-2H3/b10-3+/t20-,22-,23+,24-,25+/m1/s1. The third-order valence-corrected chi connectivity index (χ3v) is 5.11. The van der Waals surface area contributed by atoms with Crippen molar-refractivity contribution in [3.63, 3.8) is 0 Å². The molecule has 2 aromatic carbocycles. The lowest BCUT2D eigenvalue weighted by atomic mass is 9.98. The van der Waals surface area contributed by atoms with Crippen molar-refractivity contribution in [1.82, 2.24) is 0 Å². The number of carbonyl (C=O) groups excluding carboxylic acids is 1. The summed E-state index contributed by atoms with van der Waals surface area (Å²) >= 11 is 0. The van der Waals surface area contributed by atoms with Crippen LogP contribution in [0.25, 0.3) is 0 Å². The highest BCUT2D eigenvalue weighted by atomic mass is 16.7. The van der Waals surface area contributed by atoms with Crippen LogP contribution >= 0.6 is 0 Å². The normalized spacial score (nSPS) is 25.7. The molecule has 1 fully saturated rings. The number of hydrogen-bond acceptors (Lipinski definition) is 7. The van der Waals surface area contributed by atoms with E-state index in [0.717, 1.165) is 11.1 Å². The molecule has 0 bridgehead atoms. The van der Waals surface area contributed by atoms with Gasteiger partial charge in [0, 0.05) is 13.2 Å². The Kier molecular flexibility index (Phi) is 9.40. The van der Waals surface area contributed by atoms with Gasteiger partial charge >= 0.3 is 5.97 Å². The molecule has 0 spiro atoms. The average Bonchev–Trinajstić information content (AvgIpc) is 2.83. The van der Waals surface area contributed by atoms with Gasteiger partial charge in [-0.3, -0.25) is 0 Å². The summed E-state index contributed by atoms with van der Waals surface area (Å²) in [5, 5.41) is 11.0. The van der Waals surface area contributed by atoms with Crippen LogP contribution in [0.4, 0.5) is 0 Å². The molecular formula is C25H30O7. The third-order valence-electron chi connectivity index (χ3n) is 5.11. The molecule has 0 amide bonds. The molecule has 1 aliphatic heterocycles. The molecular weight excluding hydrogens is 412 g/mol. The number of carbonyl (C=O) groups is 1. The fraction of sp³-hybridized carbons (Fsp3) is 0.400. The van der Waals surface area contributed by atoms with Gasteiger partial charge in [-0.1, -0.05) is 66.7 Å². The molecule has 1 aliphatic rings. The van der Waals surface area contributed by atoms with Crippen LogP contribution in [0.5, 0.6) is 0 Å². The number of ether oxygens (including phenoxy) is 5. The van der Waals surface area contributed by atoms with Gasteiger partial charge in [-0.05, 0) is 18.1 Å². The largest absolute Gasteiger partial charge is 0.460 e. The molecule has 7 nitrogen and oxygen atoms in total. The molecule has 0 radical (unpaired) electrons. The summed E-state index contributed by atoms with van der Waals surface area (Å²) in [7, 11) is 1.50. The molecule has 3 rings (SSSR count). The SMILES string of the molecule is C/C=C/C(=O)OC[C@H]1O[C@H](OC)[C@H](OCc2ccccc2)[C@@H](OCc2ccccc2)[C@@H]1O. The van der Waals surface area contributed by atoms with E-state index >= 15 is 0 Å². The van der Waals surface area contributed by atoms with E-state index in [4.69, 9.17) is 23.7 Å². The lowest BCUT2D eigenvalue weighted by Crippen LogP contribution is -2.60. The van der Waals surface area contributed by atoms with E-state index in [1.807, 2.05) is 60.7 Å². The van der Waals surface area contributed by atoms with Crippen LogP contribution in [0, 0.1) is 0 Å². The van der Waals surface area contributed by atoms with E-state index in [1.165, 1.54) is 13.2 Å². The molecule has 7 heteroatoms. The Labute approximate surface area is 188 Å². The zero-order chi connectivity index (χ0) is 22.8. The second-order valence-electron chi connectivity index (χ2n) is 7.42. The fourth-order valence-corrected chi connectivity index (χ4v) is 3.47. The minimum atomic E-state index is -1.09. The van der Waals surface area contributed by atoms with E-state index in [1.54, 1.807) is 13.0 Å². The van der Waals surface area contributed by atoms with Crippen molar-refractivity contribution in [2.75, 3.05) is 13.7 Å². The van der Waals surface area contributed by atoms with Crippen LogP contribution in [-0.2, 0) is 41.7 Å². The number of allylic oxidation sites excluding steroid dienone is 1. The Morgan fingerprint density at radius 1 is 0.969 bits per heavy atom. The molecule has 32 heavy (non-hydrogen) atoms. The second-order valence-corrected chi connectivity index (χ2v) is 7.42. The average molecular weight is 443 g/mol. The Morgan fingerprint density at radius 3 is 2.06 bits per heavy atom. The van der Waals surface area contributed by atoms with E-state index in [-0.39, 0.29) is 13.2 Å². The van der Waals surface area contributed by atoms with E-state index in [2.05, 4.69) is 0 Å². The summed E-state index contributed by atoms with van der Waals surface area (Å²) in [6, 6.07) is 19.3. The molecule has 2 aromatic rings. The van der Waals surface area contributed by atoms with Crippen molar-refractivity contribution in [2.24, 2.45) is 0 Å². The van der Waals surface area contributed by atoms with Gasteiger partial charge in [0.2, 0.25) is 0 Å². The summed E-state index contributed by atoms with van der Waals surface area (Å²) in [6.45, 7) is 2.15. The Balaban J connectivity index is 1.74. The van der Waals surface area contributed by atoms with Crippen LogP contribution in [0.2, 0.25) is 0 Å². The number of hydrogen-bond donors (Lipinski definition) is 1. The molecule has 0 saturated carbocycles. The lowest BCUT2D eigenvalue weighted by molar-refractivity contribution is -0.314. The lowest BCUT2D eigenvalue weighted by Gasteiger charge is -2.43. The molecule has 1 saturated heterocycles. The maximum Gasteiger partial charge on any atom is 0.330 e. The Morgan fingerprint density at radius 2 is 1.53 bits per heavy atom.